The quantitative estimate of drug-likeness (QED) is 0.844. The van der Waals surface area contributed by atoms with E-state index in [1.165, 1.54) is 12.8 Å². The lowest BCUT2D eigenvalue weighted by Crippen LogP contribution is -2.47. The number of aryl methyl sites for hydroxylation is 1. The molecular formula is C17H24N2O. The van der Waals surface area contributed by atoms with Crippen LogP contribution in [-0.2, 0) is 0 Å². The maximum Gasteiger partial charge on any atom is 0.254 e. The van der Waals surface area contributed by atoms with Crippen molar-refractivity contribution in [1.29, 1.82) is 0 Å². The first kappa shape index (κ1) is 13.6. The van der Waals surface area contributed by atoms with Crippen molar-refractivity contribution in [3.8, 4) is 0 Å². The zero-order chi connectivity index (χ0) is 14.1. The second-order valence-corrected chi connectivity index (χ2v) is 6.29. The van der Waals surface area contributed by atoms with Gasteiger partial charge >= 0.3 is 0 Å². The van der Waals surface area contributed by atoms with Crippen molar-refractivity contribution in [2.24, 2.45) is 0 Å². The van der Waals surface area contributed by atoms with Crippen LogP contribution in [-0.4, -0.2) is 47.9 Å². The molecule has 3 rings (SSSR count). The molecule has 108 valence electrons. The van der Waals surface area contributed by atoms with Gasteiger partial charge in [0.1, 0.15) is 0 Å². The van der Waals surface area contributed by atoms with Gasteiger partial charge in [0.15, 0.2) is 0 Å². The Morgan fingerprint density at radius 2 is 1.70 bits per heavy atom. The summed E-state index contributed by atoms with van der Waals surface area (Å²) >= 11 is 0. The molecule has 3 heteroatoms. The Morgan fingerprint density at radius 1 is 1.10 bits per heavy atom. The maximum atomic E-state index is 12.9. The van der Waals surface area contributed by atoms with Crippen LogP contribution in [0.5, 0.6) is 0 Å². The molecule has 1 aromatic carbocycles. The van der Waals surface area contributed by atoms with Crippen LogP contribution < -0.4 is 0 Å². The van der Waals surface area contributed by atoms with E-state index in [0.717, 1.165) is 37.1 Å². The summed E-state index contributed by atoms with van der Waals surface area (Å²) in [6, 6.07) is 8.92. The lowest BCUT2D eigenvalue weighted by Gasteiger charge is -2.38. The lowest BCUT2D eigenvalue weighted by molar-refractivity contribution is 0.0568. The van der Waals surface area contributed by atoms with E-state index in [9.17, 15) is 4.79 Å². The minimum atomic E-state index is 0.250. The molecule has 2 fully saturated rings. The first-order chi connectivity index (χ1) is 9.66. The van der Waals surface area contributed by atoms with E-state index in [2.05, 4.69) is 16.8 Å². The average Bonchev–Trinajstić information content (AvgIpc) is 3.26. The first-order valence-corrected chi connectivity index (χ1v) is 7.73. The third-order valence-electron chi connectivity index (χ3n) is 4.63. The SMILES string of the molecule is Cc1ccccc1C(=O)N(C1CC1)C1CCN(C)CC1. The first-order valence-electron chi connectivity index (χ1n) is 7.73. The van der Waals surface area contributed by atoms with E-state index in [1.807, 2.05) is 31.2 Å². The molecule has 0 spiro atoms. The van der Waals surface area contributed by atoms with Gasteiger partial charge in [0.05, 0.1) is 0 Å². The van der Waals surface area contributed by atoms with Crippen molar-refractivity contribution in [2.75, 3.05) is 20.1 Å². The highest BCUT2D eigenvalue weighted by Crippen LogP contribution is 2.33. The molecule has 3 nitrogen and oxygen atoms in total. The number of carbonyl (C=O) groups is 1. The Labute approximate surface area is 121 Å². The van der Waals surface area contributed by atoms with Gasteiger partial charge in [-0.25, -0.2) is 0 Å². The van der Waals surface area contributed by atoms with E-state index in [0.29, 0.717) is 12.1 Å². The molecule has 1 aromatic rings. The fourth-order valence-electron chi connectivity index (χ4n) is 3.21. The maximum absolute atomic E-state index is 12.9. The molecule has 1 aliphatic carbocycles. The van der Waals surface area contributed by atoms with Gasteiger partial charge in [-0.05, 0) is 64.4 Å². The van der Waals surface area contributed by atoms with E-state index < -0.39 is 0 Å². The number of piperidine rings is 1. The van der Waals surface area contributed by atoms with Gasteiger partial charge in [-0.15, -0.1) is 0 Å². The third kappa shape index (κ3) is 2.73. The van der Waals surface area contributed by atoms with Gasteiger partial charge < -0.3 is 9.80 Å². The van der Waals surface area contributed by atoms with Gasteiger partial charge in [0, 0.05) is 17.6 Å². The molecule has 0 N–H and O–H groups in total. The highest BCUT2D eigenvalue weighted by Gasteiger charge is 2.38. The predicted molar refractivity (Wildman–Crippen MR) is 80.9 cm³/mol. The van der Waals surface area contributed by atoms with Crippen molar-refractivity contribution in [2.45, 2.75) is 44.7 Å². The summed E-state index contributed by atoms with van der Waals surface area (Å²) in [5.41, 5.74) is 1.98. The molecule has 0 aromatic heterocycles. The fraction of sp³-hybridized carbons (Fsp3) is 0.588. The number of rotatable bonds is 3. The van der Waals surface area contributed by atoms with E-state index >= 15 is 0 Å². The highest BCUT2D eigenvalue weighted by molar-refractivity contribution is 5.96. The Balaban J connectivity index is 1.80. The summed E-state index contributed by atoms with van der Waals surface area (Å²) in [5, 5.41) is 0. The van der Waals surface area contributed by atoms with Crippen LogP contribution >= 0.6 is 0 Å². The van der Waals surface area contributed by atoms with Gasteiger partial charge in [-0.3, -0.25) is 4.79 Å². The van der Waals surface area contributed by atoms with E-state index in [-0.39, 0.29) is 5.91 Å². The van der Waals surface area contributed by atoms with E-state index in [4.69, 9.17) is 0 Å². The van der Waals surface area contributed by atoms with E-state index in [1.54, 1.807) is 0 Å². The van der Waals surface area contributed by atoms with Crippen LogP contribution in [0.15, 0.2) is 24.3 Å². The summed E-state index contributed by atoms with van der Waals surface area (Å²) in [6.45, 7) is 4.25. The Bertz CT molecular complexity index is 488. The monoisotopic (exact) mass is 272 g/mol. The minimum absolute atomic E-state index is 0.250. The smallest absolute Gasteiger partial charge is 0.254 e. The van der Waals surface area contributed by atoms with Crippen LogP contribution in [0.1, 0.15) is 41.6 Å². The zero-order valence-corrected chi connectivity index (χ0v) is 12.5. The van der Waals surface area contributed by atoms with Crippen molar-refractivity contribution in [3.05, 3.63) is 35.4 Å². The molecular weight excluding hydrogens is 248 g/mol. The number of benzene rings is 1. The summed E-state index contributed by atoms with van der Waals surface area (Å²) in [4.78, 5) is 17.5. The Kier molecular flexibility index (Phi) is 3.79. The molecule has 2 aliphatic rings. The minimum Gasteiger partial charge on any atom is -0.333 e. The number of hydrogen-bond donors (Lipinski definition) is 0. The van der Waals surface area contributed by atoms with Crippen molar-refractivity contribution >= 4 is 5.91 Å². The third-order valence-corrected chi connectivity index (χ3v) is 4.63. The normalized spacial score (nSPS) is 20.9. The Morgan fingerprint density at radius 3 is 2.30 bits per heavy atom. The van der Waals surface area contributed by atoms with Gasteiger partial charge in [-0.1, -0.05) is 18.2 Å². The van der Waals surface area contributed by atoms with Crippen LogP contribution in [0.25, 0.3) is 0 Å². The summed E-state index contributed by atoms with van der Waals surface area (Å²) < 4.78 is 0. The number of carbonyl (C=O) groups excluding carboxylic acids is 1. The predicted octanol–water partition coefficient (Wildman–Crippen LogP) is 2.69. The highest BCUT2D eigenvalue weighted by atomic mass is 16.2. The molecule has 0 radical (unpaired) electrons. The fourth-order valence-corrected chi connectivity index (χ4v) is 3.21. The van der Waals surface area contributed by atoms with Crippen LogP contribution in [0, 0.1) is 6.92 Å². The van der Waals surface area contributed by atoms with Crippen LogP contribution in [0.4, 0.5) is 0 Å². The number of likely N-dealkylation sites (tertiary alicyclic amines) is 1. The van der Waals surface area contributed by atoms with Crippen LogP contribution in [0.3, 0.4) is 0 Å². The number of amides is 1. The van der Waals surface area contributed by atoms with Crippen LogP contribution in [0.2, 0.25) is 0 Å². The second-order valence-electron chi connectivity index (χ2n) is 6.29. The number of nitrogens with zero attached hydrogens (tertiary/aromatic N) is 2. The Hall–Kier alpha value is -1.35. The second kappa shape index (κ2) is 5.57. The van der Waals surface area contributed by atoms with Gasteiger partial charge in [-0.2, -0.15) is 0 Å². The molecule has 1 saturated carbocycles. The topological polar surface area (TPSA) is 23.6 Å². The molecule has 1 heterocycles. The molecule has 1 saturated heterocycles. The largest absolute Gasteiger partial charge is 0.333 e. The lowest BCUT2D eigenvalue weighted by atomic mass is 10.0. The van der Waals surface area contributed by atoms with Gasteiger partial charge in [0.2, 0.25) is 0 Å². The molecule has 0 unspecified atom stereocenters. The van der Waals surface area contributed by atoms with Crippen molar-refractivity contribution < 1.29 is 4.79 Å². The van der Waals surface area contributed by atoms with Gasteiger partial charge in [0.25, 0.3) is 5.91 Å². The summed E-state index contributed by atoms with van der Waals surface area (Å²) in [6.07, 6.45) is 4.60. The summed E-state index contributed by atoms with van der Waals surface area (Å²) in [5.74, 6) is 0.250. The molecule has 0 atom stereocenters. The zero-order valence-electron chi connectivity index (χ0n) is 12.5. The molecule has 0 bridgehead atoms. The summed E-state index contributed by atoms with van der Waals surface area (Å²) in [7, 11) is 2.17. The molecule has 1 amide bonds. The standard InChI is InChI=1S/C17H24N2O/c1-13-5-3-4-6-16(13)17(20)19(14-7-8-14)15-9-11-18(2)12-10-15/h3-6,14-15H,7-12H2,1-2H3. The average molecular weight is 272 g/mol. The molecule has 1 aliphatic heterocycles. The molecule has 20 heavy (non-hydrogen) atoms. The van der Waals surface area contributed by atoms with Crippen molar-refractivity contribution in [1.82, 2.24) is 9.80 Å². The van der Waals surface area contributed by atoms with Crippen molar-refractivity contribution in [3.63, 3.8) is 0 Å². The number of hydrogen-bond acceptors (Lipinski definition) is 2.